The van der Waals surface area contributed by atoms with Crippen LogP contribution in [0.15, 0.2) is 212 Å². The van der Waals surface area contributed by atoms with Crippen molar-refractivity contribution in [3.05, 3.63) is 257 Å². The van der Waals surface area contributed by atoms with Crippen molar-refractivity contribution in [2.24, 2.45) is 0 Å². The van der Waals surface area contributed by atoms with Gasteiger partial charge >= 0.3 is 0 Å². The lowest BCUT2D eigenvalue weighted by molar-refractivity contribution is 0.436. The minimum Gasteiger partial charge on any atom is -0.457 e. The largest absolute Gasteiger partial charge is 0.457 e. The van der Waals surface area contributed by atoms with E-state index in [-0.39, 0.29) is 10.8 Å². The number of hydrogen-bond acceptors (Lipinski definition) is 3. The average molecular weight is 914 g/mol. The fourth-order valence-electron chi connectivity index (χ4n) is 13.5. The zero-order valence-electron chi connectivity index (χ0n) is 39.5. The predicted molar refractivity (Wildman–Crippen MR) is 292 cm³/mol. The molecule has 0 saturated heterocycles. The Morgan fingerprint density at radius 1 is 0.343 bits per heavy atom. The second-order valence-corrected chi connectivity index (χ2v) is 21.8. The summed E-state index contributed by atoms with van der Waals surface area (Å²) < 4.78 is 9.63. The Morgan fingerprint density at radius 3 is 1.54 bits per heavy atom. The molecule has 2 heterocycles. The Labute approximate surface area is 412 Å². The molecule has 1 aliphatic heterocycles. The second kappa shape index (κ2) is 14.1. The molecule has 0 fully saturated rings. The molecular weight excluding hydrogens is 867 g/mol. The van der Waals surface area contributed by atoms with E-state index in [2.05, 4.69) is 245 Å². The number of para-hydroxylation sites is 1. The van der Waals surface area contributed by atoms with Gasteiger partial charge in [0.15, 0.2) is 0 Å². The number of ether oxygens (including phenoxy) is 1. The van der Waals surface area contributed by atoms with E-state index in [0.29, 0.717) is 0 Å². The summed E-state index contributed by atoms with van der Waals surface area (Å²) in [5, 5.41) is 2.63. The summed E-state index contributed by atoms with van der Waals surface area (Å²) in [7, 11) is 0. The van der Waals surface area contributed by atoms with Crippen molar-refractivity contribution < 1.29 is 4.74 Å². The summed E-state index contributed by atoms with van der Waals surface area (Å²) in [6, 6.07) is 79.8. The van der Waals surface area contributed by atoms with E-state index >= 15 is 0 Å². The number of benzene rings is 10. The van der Waals surface area contributed by atoms with Gasteiger partial charge in [0.2, 0.25) is 0 Å². The van der Waals surface area contributed by atoms with Gasteiger partial charge in [0.1, 0.15) is 11.5 Å². The van der Waals surface area contributed by atoms with Crippen LogP contribution in [0.4, 0.5) is 17.1 Å². The molecule has 10 aromatic carbocycles. The molecule has 15 rings (SSSR count). The molecule has 0 bridgehead atoms. The molecule has 1 aromatic heterocycles. The van der Waals surface area contributed by atoms with Crippen LogP contribution in [0.25, 0.3) is 64.7 Å². The van der Waals surface area contributed by atoms with Crippen molar-refractivity contribution in [3.8, 4) is 56.0 Å². The first kappa shape index (κ1) is 40.0. The van der Waals surface area contributed by atoms with Crippen LogP contribution in [-0.4, -0.2) is 0 Å². The third-order valence-electron chi connectivity index (χ3n) is 16.5. The Morgan fingerprint density at radius 2 is 0.829 bits per heavy atom. The van der Waals surface area contributed by atoms with Gasteiger partial charge in [-0.2, -0.15) is 0 Å². The van der Waals surface area contributed by atoms with Gasteiger partial charge in [-0.25, -0.2) is 0 Å². The summed E-state index contributed by atoms with van der Waals surface area (Å²) in [6.07, 6.45) is 0. The lowest BCUT2D eigenvalue weighted by Crippen LogP contribution is -2.32. The number of thiophene rings is 1. The van der Waals surface area contributed by atoms with Gasteiger partial charge in [0, 0.05) is 59.2 Å². The molecule has 0 atom stereocenters. The maximum atomic E-state index is 7.01. The van der Waals surface area contributed by atoms with Crippen molar-refractivity contribution >= 4 is 48.6 Å². The van der Waals surface area contributed by atoms with Crippen LogP contribution in [0.2, 0.25) is 0 Å². The minimum absolute atomic E-state index is 0.190. The van der Waals surface area contributed by atoms with E-state index in [1.807, 2.05) is 11.3 Å². The van der Waals surface area contributed by atoms with Gasteiger partial charge in [-0.05, 0) is 139 Å². The standard InChI is InChI=1S/C67H47NOS/c1-65(2)52-24-10-5-18-43(52)47-34-32-40(38-57(47)65)68(41-33-35-60-58(39-41)67(56-28-14-15-29-59(56)69-60)54-26-12-7-19-44(54)45-20-8-13-27-55(45)67)42-36-50-46-21-6-11-25-53(46)66(3,4)64(50)51(37-42)48-23-17-31-62-63(48)49-22-9-16-30-61(49)70-62/h5-39H,1-4H3. The van der Waals surface area contributed by atoms with Crippen molar-refractivity contribution in [3.63, 3.8) is 0 Å². The molecule has 1 spiro atoms. The predicted octanol–water partition coefficient (Wildman–Crippen LogP) is 18.3. The molecule has 3 aliphatic carbocycles. The zero-order valence-corrected chi connectivity index (χ0v) is 40.3. The highest BCUT2D eigenvalue weighted by molar-refractivity contribution is 7.25. The Hall–Kier alpha value is -7.98. The highest BCUT2D eigenvalue weighted by atomic mass is 32.1. The highest BCUT2D eigenvalue weighted by Crippen LogP contribution is 2.63. The van der Waals surface area contributed by atoms with E-state index < -0.39 is 5.41 Å². The summed E-state index contributed by atoms with van der Waals surface area (Å²) in [5.41, 5.74) is 22.9. The summed E-state index contributed by atoms with van der Waals surface area (Å²) in [5.74, 6) is 1.77. The zero-order chi connectivity index (χ0) is 46.7. The maximum Gasteiger partial charge on any atom is 0.132 e. The SMILES string of the molecule is CC1(C)c2ccccc2-c2ccc(N(c3cc4c(c(-c5cccc6sc7ccccc7c56)c3)C(C)(C)c3ccccc3-4)c3ccc4c(c3)C3(c5ccccc5O4)c4ccccc4-c4ccccc43)cc21. The molecule has 2 nitrogen and oxygen atoms in total. The molecule has 0 saturated carbocycles. The van der Waals surface area contributed by atoms with Crippen LogP contribution >= 0.6 is 11.3 Å². The van der Waals surface area contributed by atoms with Gasteiger partial charge in [-0.1, -0.05) is 179 Å². The molecule has 70 heavy (non-hydrogen) atoms. The number of hydrogen-bond donors (Lipinski definition) is 0. The van der Waals surface area contributed by atoms with E-state index in [0.717, 1.165) is 39.7 Å². The lowest BCUT2D eigenvalue weighted by atomic mass is 9.66. The molecule has 4 aliphatic rings. The fraction of sp³-hybridized carbons (Fsp3) is 0.104. The molecule has 11 aromatic rings. The van der Waals surface area contributed by atoms with Gasteiger partial charge in [-0.3, -0.25) is 0 Å². The maximum absolute atomic E-state index is 7.01. The number of rotatable bonds is 4. The molecule has 0 amide bonds. The summed E-state index contributed by atoms with van der Waals surface area (Å²) in [4.78, 5) is 2.55. The van der Waals surface area contributed by atoms with Crippen molar-refractivity contribution in [1.29, 1.82) is 0 Å². The van der Waals surface area contributed by atoms with Crippen molar-refractivity contribution in [2.45, 2.75) is 43.9 Å². The van der Waals surface area contributed by atoms with Crippen LogP contribution in [0.1, 0.15) is 72.2 Å². The third kappa shape index (κ3) is 5.12. The van der Waals surface area contributed by atoms with Crippen LogP contribution < -0.4 is 9.64 Å². The third-order valence-corrected chi connectivity index (χ3v) is 17.6. The normalized spacial score (nSPS) is 15.3. The molecule has 0 radical (unpaired) electrons. The number of anilines is 3. The Bertz CT molecular complexity index is 4030. The van der Waals surface area contributed by atoms with Crippen LogP contribution in [0.5, 0.6) is 11.5 Å². The molecular formula is C67H47NOS. The fourth-order valence-corrected chi connectivity index (χ4v) is 14.6. The Kier molecular flexibility index (Phi) is 8.03. The first-order chi connectivity index (χ1) is 34.2. The molecule has 3 heteroatoms. The van der Waals surface area contributed by atoms with Crippen LogP contribution in [0.3, 0.4) is 0 Å². The van der Waals surface area contributed by atoms with Crippen LogP contribution in [-0.2, 0) is 16.2 Å². The van der Waals surface area contributed by atoms with E-state index in [9.17, 15) is 0 Å². The summed E-state index contributed by atoms with van der Waals surface area (Å²) in [6.45, 7) is 9.61. The molecule has 0 N–H and O–H groups in total. The van der Waals surface area contributed by atoms with Crippen molar-refractivity contribution in [2.75, 3.05) is 4.90 Å². The first-order valence-corrected chi connectivity index (χ1v) is 25.4. The first-order valence-electron chi connectivity index (χ1n) is 24.6. The quantitative estimate of drug-likeness (QED) is 0.174. The van der Waals surface area contributed by atoms with E-state index in [1.165, 1.54) is 98.1 Å². The lowest BCUT2D eigenvalue weighted by Gasteiger charge is -2.40. The monoisotopic (exact) mass is 913 g/mol. The van der Waals surface area contributed by atoms with Gasteiger partial charge in [0.25, 0.3) is 0 Å². The van der Waals surface area contributed by atoms with Crippen LogP contribution in [0, 0.1) is 0 Å². The number of nitrogens with zero attached hydrogens (tertiary/aromatic N) is 1. The second-order valence-electron chi connectivity index (χ2n) is 20.7. The Balaban J connectivity index is 1.05. The van der Waals surface area contributed by atoms with E-state index in [1.54, 1.807) is 0 Å². The van der Waals surface area contributed by atoms with Gasteiger partial charge < -0.3 is 9.64 Å². The minimum atomic E-state index is -0.609. The van der Waals surface area contributed by atoms with E-state index in [4.69, 9.17) is 4.74 Å². The summed E-state index contributed by atoms with van der Waals surface area (Å²) >= 11 is 1.89. The highest BCUT2D eigenvalue weighted by Gasteiger charge is 2.51. The van der Waals surface area contributed by atoms with Gasteiger partial charge in [0.05, 0.1) is 5.41 Å². The smallest absolute Gasteiger partial charge is 0.132 e. The van der Waals surface area contributed by atoms with Crippen molar-refractivity contribution in [1.82, 2.24) is 0 Å². The average Bonchev–Trinajstić information content (AvgIpc) is 4.06. The molecule has 0 unspecified atom stereocenters. The topological polar surface area (TPSA) is 12.5 Å². The van der Waals surface area contributed by atoms with Gasteiger partial charge in [-0.15, -0.1) is 11.3 Å². The number of fused-ring (bicyclic) bond motifs is 18. The molecule has 332 valence electrons.